The number of rotatable bonds is 2. The van der Waals surface area contributed by atoms with E-state index in [1.54, 1.807) is 11.3 Å². The molecular formula is C14H16N2O3S. The highest BCUT2D eigenvalue weighted by Gasteiger charge is 2.23. The van der Waals surface area contributed by atoms with Gasteiger partial charge in [0.15, 0.2) is 0 Å². The number of fused-ring (bicyclic) bond motifs is 3. The largest absolute Gasteiger partial charge is 0.468 e. The second-order valence-electron chi connectivity index (χ2n) is 5.29. The van der Waals surface area contributed by atoms with Crippen molar-refractivity contribution >= 4 is 27.5 Å². The van der Waals surface area contributed by atoms with Crippen LogP contribution in [0, 0.1) is 5.92 Å². The zero-order valence-electron chi connectivity index (χ0n) is 11.5. The molecule has 2 aromatic heterocycles. The first kappa shape index (κ1) is 13.3. The number of ether oxygens (including phenoxy) is 1. The summed E-state index contributed by atoms with van der Waals surface area (Å²) in [5, 5.41) is 0.698. The molecule has 5 nitrogen and oxygen atoms in total. The van der Waals surface area contributed by atoms with E-state index in [1.165, 1.54) is 22.9 Å². The van der Waals surface area contributed by atoms with Gasteiger partial charge in [-0.15, -0.1) is 11.3 Å². The van der Waals surface area contributed by atoms with Gasteiger partial charge < -0.3 is 4.74 Å². The fourth-order valence-electron chi connectivity index (χ4n) is 2.68. The maximum atomic E-state index is 12.5. The van der Waals surface area contributed by atoms with Crippen LogP contribution in [0.2, 0.25) is 0 Å². The van der Waals surface area contributed by atoms with Crippen LogP contribution in [0.15, 0.2) is 11.1 Å². The molecule has 0 amide bonds. The summed E-state index contributed by atoms with van der Waals surface area (Å²) in [5.74, 6) is 0.221. The Hall–Kier alpha value is -1.69. The van der Waals surface area contributed by atoms with Crippen LogP contribution in [0.4, 0.5) is 0 Å². The Kier molecular flexibility index (Phi) is 3.33. The predicted molar refractivity (Wildman–Crippen MR) is 77.1 cm³/mol. The van der Waals surface area contributed by atoms with E-state index in [-0.39, 0.29) is 12.1 Å². The Bertz CT molecular complexity index is 732. The van der Waals surface area contributed by atoms with Crippen molar-refractivity contribution in [3.63, 3.8) is 0 Å². The molecule has 0 radical (unpaired) electrons. The molecule has 1 aliphatic carbocycles. The summed E-state index contributed by atoms with van der Waals surface area (Å²) < 4.78 is 5.94. The molecule has 2 heterocycles. The summed E-state index contributed by atoms with van der Waals surface area (Å²) in [6.07, 6.45) is 4.49. The van der Waals surface area contributed by atoms with Gasteiger partial charge >= 0.3 is 5.97 Å². The Labute approximate surface area is 120 Å². The third kappa shape index (κ3) is 2.14. The summed E-state index contributed by atoms with van der Waals surface area (Å²) in [6, 6.07) is 0. The molecule has 6 heteroatoms. The van der Waals surface area contributed by atoms with Crippen molar-refractivity contribution in [2.75, 3.05) is 7.11 Å². The average Bonchev–Trinajstić information content (AvgIpc) is 2.79. The van der Waals surface area contributed by atoms with E-state index in [1.807, 2.05) is 0 Å². The lowest BCUT2D eigenvalue weighted by molar-refractivity contribution is -0.141. The number of hydrogen-bond acceptors (Lipinski definition) is 5. The third-order valence-corrected chi connectivity index (χ3v) is 4.97. The summed E-state index contributed by atoms with van der Waals surface area (Å²) in [5.41, 5.74) is 1.01. The minimum Gasteiger partial charge on any atom is -0.468 e. The molecule has 0 fully saturated rings. The molecule has 0 saturated heterocycles. The van der Waals surface area contributed by atoms with Gasteiger partial charge in [0.25, 0.3) is 5.56 Å². The summed E-state index contributed by atoms with van der Waals surface area (Å²) in [7, 11) is 1.31. The van der Waals surface area contributed by atoms with Crippen LogP contribution in [-0.4, -0.2) is 22.6 Å². The molecule has 0 spiro atoms. The normalized spacial score (nSPS) is 18.0. The molecule has 1 atom stereocenters. The Morgan fingerprint density at radius 1 is 1.60 bits per heavy atom. The van der Waals surface area contributed by atoms with Crippen LogP contribution in [-0.2, 0) is 28.9 Å². The lowest BCUT2D eigenvalue weighted by Gasteiger charge is -2.17. The van der Waals surface area contributed by atoms with Crippen LogP contribution in [0.1, 0.15) is 23.8 Å². The lowest BCUT2D eigenvalue weighted by Crippen LogP contribution is -2.25. The number of methoxy groups -OCH3 is 1. The van der Waals surface area contributed by atoms with Crippen LogP contribution < -0.4 is 5.56 Å². The molecule has 0 aromatic carbocycles. The topological polar surface area (TPSA) is 61.2 Å². The number of hydrogen-bond donors (Lipinski definition) is 0. The van der Waals surface area contributed by atoms with Crippen LogP contribution >= 0.6 is 11.3 Å². The molecule has 0 bridgehead atoms. The van der Waals surface area contributed by atoms with Gasteiger partial charge in [-0.25, -0.2) is 4.98 Å². The van der Waals surface area contributed by atoms with Crippen molar-refractivity contribution in [2.45, 2.75) is 32.7 Å². The van der Waals surface area contributed by atoms with Crippen LogP contribution in [0.5, 0.6) is 0 Å². The maximum absolute atomic E-state index is 12.5. The van der Waals surface area contributed by atoms with Gasteiger partial charge in [0.05, 0.1) is 18.8 Å². The van der Waals surface area contributed by atoms with Crippen molar-refractivity contribution < 1.29 is 9.53 Å². The molecule has 0 aliphatic heterocycles. The predicted octanol–water partition coefficient (Wildman–Crippen LogP) is 1.76. The number of esters is 1. The van der Waals surface area contributed by atoms with Crippen LogP contribution in [0.25, 0.3) is 10.2 Å². The highest BCUT2D eigenvalue weighted by Crippen LogP contribution is 2.35. The Morgan fingerprint density at radius 3 is 3.15 bits per heavy atom. The van der Waals surface area contributed by atoms with Crippen molar-refractivity contribution in [1.82, 2.24) is 9.55 Å². The SMILES string of the molecule is COC(=O)Cn1cnc2sc3c(c2c1=O)CCC(C)C3. The Morgan fingerprint density at radius 2 is 2.40 bits per heavy atom. The minimum atomic E-state index is -0.439. The molecule has 20 heavy (non-hydrogen) atoms. The van der Waals surface area contributed by atoms with E-state index in [0.717, 1.165) is 29.7 Å². The number of carbonyl (C=O) groups excluding carboxylic acids is 1. The summed E-state index contributed by atoms with van der Waals surface area (Å²) >= 11 is 1.61. The van der Waals surface area contributed by atoms with Crippen molar-refractivity contribution in [1.29, 1.82) is 0 Å². The Balaban J connectivity index is 2.13. The zero-order chi connectivity index (χ0) is 14.3. The van der Waals surface area contributed by atoms with E-state index < -0.39 is 5.97 Å². The summed E-state index contributed by atoms with van der Waals surface area (Å²) in [4.78, 5) is 30.2. The van der Waals surface area contributed by atoms with Crippen molar-refractivity contribution in [3.8, 4) is 0 Å². The van der Waals surface area contributed by atoms with E-state index in [0.29, 0.717) is 11.3 Å². The quantitative estimate of drug-likeness (QED) is 0.791. The molecular weight excluding hydrogens is 276 g/mol. The van der Waals surface area contributed by atoms with Crippen LogP contribution in [0.3, 0.4) is 0 Å². The van der Waals surface area contributed by atoms with Crippen molar-refractivity contribution in [2.24, 2.45) is 5.92 Å². The standard InChI is InChI=1S/C14H16N2O3S/c1-8-3-4-9-10(5-8)20-13-12(9)14(18)16(7-15-13)6-11(17)19-2/h7-8H,3-6H2,1-2H3. The zero-order valence-corrected chi connectivity index (χ0v) is 12.3. The van der Waals surface area contributed by atoms with Crippen molar-refractivity contribution in [3.05, 3.63) is 27.1 Å². The fraction of sp³-hybridized carbons (Fsp3) is 0.500. The van der Waals surface area contributed by atoms with Gasteiger partial charge in [0.2, 0.25) is 0 Å². The second-order valence-corrected chi connectivity index (χ2v) is 6.37. The number of carbonyl (C=O) groups is 1. The van der Waals surface area contributed by atoms with Gasteiger partial charge in [0.1, 0.15) is 11.4 Å². The first-order valence-corrected chi connectivity index (χ1v) is 7.48. The molecule has 0 saturated carbocycles. The monoisotopic (exact) mass is 292 g/mol. The highest BCUT2D eigenvalue weighted by molar-refractivity contribution is 7.18. The van der Waals surface area contributed by atoms with E-state index in [9.17, 15) is 9.59 Å². The fourth-order valence-corrected chi connectivity index (χ4v) is 4.02. The van der Waals surface area contributed by atoms with Gasteiger partial charge in [-0.2, -0.15) is 0 Å². The molecule has 2 aromatic rings. The number of aryl methyl sites for hydroxylation is 1. The molecule has 1 aliphatic rings. The van der Waals surface area contributed by atoms with E-state index in [2.05, 4.69) is 16.6 Å². The highest BCUT2D eigenvalue weighted by atomic mass is 32.1. The molecule has 1 unspecified atom stereocenters. The molecule has 0 N–H and O–H groups in total. The molecule has 3 rings (SSSR count). The van der Waals surface area contributed by atoms with Gasteiger partial charge in [-0.3, -0.25) is 14.2 Å². The third-order valence-electron chi connectivity index (χ3n) is 3.81. The van der Waals surface area contributed by atoms with Gasteiger partial charge in [-0.05, 0) is 30.7 Å². The average molecular weight is 292 g/mol. The van der Waals surface area contributed by atoms with E-state index >= 15 is 0 Å². The number of nitrogens with zero attached hydrogens (tertiary/aromatic N) is 2. The second kappa shape index (κ2) is 5.01. The lowest BCUT2D eigenvalue weighted by atomic mass is 9.89. The first-order valence-electron chi connectivity index (χ1n) is 6.66. The maximum Gasteiger partial charge on any atom is 0.325 e. The summed E-state index contributed by atoms with van der Waals surface area (Å²) in [6.45, 7) is 2.15. The van der Waals surface area contributed by atoms with Gasteiger partial charge in [0, 0.05) is 4.88 Å². The number of thiophene rings is 1. The first-order chi connectivity index (χ1) is 9.60. The van der Waals surface area contributed by atoms with E-state index in [4.69, 9.17) is 0 Å². The number of aromatic nitrogens is 2. The minimum absolute atomic E-state index is 0.0840. The van der Waals surface area contributed by atoms with Gasteiger partial charge in [-0.1, -0.05) is 6.92 Å². The smallest absolute Gasteiger partial charge is 0.325 e. The molecule has 106 valence electrons.